The van der Waals surface area contributed by atoms with Gasteiger partial charge in [-0.05, 0) is 42.3 Å². The van der Waals surface area contributed by atoms with Gasteiger partial charge in [0.05, 0.1) is 38.9 Å². The van der Waals surface area contributed by atoms with Crippen LogP contribution in [0.2, 0.25) is 0 Å². The van der Waals surface area contributed by atoms with E-state index < -0.39 is 0 Å². The third-order valence-electron chi connectivity index (χ3n) is 4.88. The zero-order valence-corrected chi connectivity index (χ0v) is 23.7. The lowest BCUT2D eigenvalue weighted by atomic mass is 10.1. The van der Waals surface area contributed by atoms with Gasteiger partial charge in [0.25, 0.3) is 0 Å². The summed E-state index contributed by atoms with van der Waals surface area (Å²) in [5.41, 5.74) is 2.44. The fourth-order valence-corrected chi connectivity index (χ4v) is 5.03. The molecule has 2 aromatic carbocycles. The lowest BCUT2D eigenvalue weighted by molar-refractivity contribution is -0.118. The Bertz CT molecular complexity index is 1020. The third kappa shape index (κ3) is 7.83. The predicted octanol–water partition coefficient (Wildman–Crippen LogP) is 4.93. The van der Waals surface area contributed by atoms with Crippen LogP contribution in [0.25, 0.3) is 0 Å². The van der Waals surface area contributed by atoms with E-state index in [1.807, 2.05) is 25.1 Å². The first-order chi connectivity index (χ1) is 16.6. The smallest absolute Gasteiger partial charge is 0.217 e. The third-order valence-corrected chi connectivity index (χ3v) is 7.71. The zero-order chi connectivity index (χ0) is 26.1. The topological polar surface area (TPSA) is 68.3 Å². The van der Waals surface area contributed by atoms with Gasteiger partial charge < -0.3 is 22.8 Å². The van der Waals surface area contributed by atoms with Gasteiger partial charge in [-0.1, -0.05) is 37.4 Å². The molecule has 0 spiro atoms. The maximum absolute atomic E-state index is 12.6. The van der Waals surface area contributed by atoms with Crippen LogP contribution in [0.3, 0.4) is 0 Å². The van der Waals surface area contributed by atoms with Crippen LogP contribution >= 0.6 is 48.3 Å². The highest BCUT2D eigenvalue weighted by atomic mass is 32.2. The van der Waals surface area contributed by atoms with Gasteiger partial charge >= 0.3 is 0 Å². The molecule has 0 bridgehead atoms. The molecule has 0 radical (unpaired) electrons. The minimum absolute atomic E-state index is 0.295. The maximum Gasteiger partial charge on any atom is 0.217 e. The van der Waals surface area contributed by atoms with Crippen molar-refractivity contribution in [2.24, 2.45) is 0 Å². The number of thiocarbonyl (C=S) groups is 2. The number of benzene rings is 2. The standard InChI is InChI=1S/C24H28N2O5S4/c1-7-15-8-10-19(30-5)17(12-15)23(32)25(2)34-21(27)14-22(28)35-26(3)24(33)18-13-16(29-4)9-11-20(18)31-6/h8-13H,7,14H2,1-6H3. The molecule has 2 aromatic rings. The summed E-state index contributed by atoms with van der Waals surface area (Å²) in [6.07, 6.45) is 0.550. The lowest BCUT2D eigenvalue weighted by Crippen LogP contribution is -2.24. The van der Waals surface area contributed by atoms with Crippen molar-refractivity contribution in [3.63, 3.8) is 0 Å². The van der Waals surface area contributed by atoms with Gasteiger partial charge in [0.2, 0.25) is 10.2 Å². The van der Waals surface area contributed by atoms with E-state index in [0.717, 1.165) is 41.4 Å². The molecule has 35 heavy (non-hydrogen) atoms. The molecule has 0 amide bonds. The Hall–Kier alpha value is -2.34. The van der Waals surface area contributed by atoms with E-state index in [4.69, 9.17) is 38.6 Å². The summed E-state index contributed by atoms with van der Waals surface area (Å²) in [4.78, 5) is 26.0. The number of aryl methyl sites for hydroxylation is 1. The monoisotopic (exact) mass is 552 g/mol. The van der Waals surface area contributed by atoms with Crippen molar-refractivity contribution in [2.75, 3.05) is 35.4 Å². The van der Waals surface area contributed by atoms with Crippen LogP contribution in [0.15, 0.2) is 36.4 Å². The highest BCUT2D eigenvalue weighted by Gasteiger charge is 2.22. The molecule has 0 aliphatic heterocycles. The number of hydrogen-bond acceptors (Lipinski definition) is 9. The van der Waals surface area contributed by atoms with Crippen molar-refractivity contribution in [3.05, 3.63) is 53.1 Å². The van der Waals surface area contributed by atoms with Crippen molar-refractivity contribution in [3.8, 4) is 17.2 Å². The summed E-state index contributed by atoms with van der Waals surface area (Å²) < 4.78 is 19.1. The van der Waals surface area contributed by atoms with E-state index in [1.165, 1.54) is 11.4 Å². The SMILES string of the molecule is CCc1ccc(OC)c(C(=S)N(C)SC(=O)CC(=O)SN(C)C(=S)c2cc(OC)ccc2OC)c1. The first-order valence-electron chi connectivity index (χ1n) is 10.5. The van der Waals surface area contributed by atoms with E-state index in [9.17, 15) is 9.59 Å². The second-order valence-corrected chi connectivity index (χ2v) is 10.3. The first-order valence-corrected chi connectivity index (χ1v) is 12.9. The molecule has 0 aliphatic rings. The van der Waals surface area contributed by atoms with E-state index in [1.54, 1.807) is 50.8 Å². The Morgan fingerprint density at radius 1 is 0.800 bits per heavy atom. The number of nitrogens with zero attached hydrogens (tertiary/aromatic N) is 2. The second-order valence-electron chi connectivity index (χ2n) is 7.16. The van der Waals surface area contributed by atoms with Crippen molar-refractivity contribution in [1.29, 1.82) is 0 Å². The Balaban J connectivity index is 2.00. The summed E-state index contributed by atoms with van der Waals surface area (Å²) in [7, 11) is 8.02. The zero-order valence-electron chi connectivity index (χ0n) is 20.4. The minimum Gasteiger partial charge on any atom is -0.497 e. The summed E-state index contributed by atoms with van der Waals surface area (Å²) >= 11 is 12.8. The van der Waals surface area contributed by atoms with E-state index in [2.05, 4.69) is 0 Å². The number of rotatable bonds is 8. The summed E-state index contributed by atoms with van der Waals surface area (Å²) in [5, 5.41) is -0.685. The molecule has 0 saturated carbocycles. The molecule has 0 aromatic heterocycles. The minimum atomic E-state index is -0.348. The molecule has 0 saturated heterocycles. The second kappa shape index (κ2) is 13.7. The summed E-state index contributed by atoms with van der Waals surface area (Å²) in [6, 6.07) is 11.0. The van der Waals surface area contributed by atoms with Crippen molar-refractivity contribution < 1.29 is 23.8 Å². The van der Waals surface area contributed by atoms with Crippen molar-refractivity contribution >= 4 is 68.5 Å². The largest absolute Gasteiger partial charge is 0.497 e. The molecule has 188 valence electrons. The van der Waals surface area contributed by atoms with E-state index in [0.29, 0.717) is 32.8 Å². The molecule has 7 nitrogen and oxygen atoms in total. The molecule has 0 N–H and O–H groups in total. The highest BCUT2D eigenvalue weighted by molar-refractivity contribution is 8.14. The maximum atomic E-state index is 12.6. The predicted molar refractivity (Wildman–Crippen MR) is 151 cm³/mol. The Morgan fingerprint density at radius 2 is 1.29 bits per heavy atom. The van der Waals surface area contributed by atoms with Crippen molar-refractivity contribution in [2.45, 2.75) is 19.8 Å². The number of carbonyl (C=O) groups excluding carboxylic acids is 2. The van der Waals surface area contributed by atoms with Crippen molar-refractivity contribution in [1.82, 2.24) is 8.61 Å². The molecule has 0 aliphatic carbocycles. The average Bonchev–Trinajstić information content (AvgIpc) is 2.86. The van der Waals surface area contributed by atoms with Gasteiger partial charge in [-0.3, -0.25) is 9.59 Å². The van der Waals surface area contributed by atoms with Gasteiger partial charge in [0.15, 0.2) is 0 Å². The summed E-state index contributed by atoms with van der Waals surface area (Å²) in [6.45, 7) is 2.05. The van der Waals surface area contributed by atoms with Crippen LogP contribution in [0.5, 0.6) is 17.2 Å². The Morgan fingerprint density at radius 3 is 1.74 bits per heavy atom. The van der Waals surface area contributed by atoms with E-state index >= 15 is 0 Å². The van der Waals surface area contributed by atoms with Crippen LogP contribution in [-0.2, 0) is 16.0 Å². The Labute approximate surface area is 225 Å². The fraction of sp³-hybridized carbons (Fsp3) is 0.333. The van der Waals surface area contributed by atoms with Crippen LogP contribution in [0, 0.1) is 0 Å². The first kappa shape index (κ1) is 28.9. The van der Waals surface area contributed by atoms with E-state index in [-0.39, 0.29) is 16.7 Å². The molecule has 0 unspecified atom stereocenters. The quantitative estimate of drug-likeness (QED) is 0.254. The molecular weight excluding hydrogens is 525 g/mol. The van der Waals surface area contributed by atoms with Gasteiger partial charge in [0.1, 0.15) is 27.2 Å². The van der Waals surface area contributed by atoms with Crippen LogP contribution in [0.4, 0.5) is 0 Å². The van der Waals surface area contributed by atoms with Crippen LogP contribution in [-0.4, -0.2) is 64.2 Å². The van der Waals surface area contributed by atoms with Crippen LogP contribution < -0.4 is 14.2 Å². The molecule has 0 atom stereocenters. The van der Waals surface area contributed by atoms with Gasteiger partial charge in [-0.15, -0.1) is 0 Å². The number of carbonyl (C=O) groups is 2. The molecule has 11 heteroatoms. The van der Waals surface area contributed by atoms with Gasteiger partial charge in [-0.2, -0.15) is 0 Å². The van der Waals surface area contributed by atoms with Crippen LogP contribution in [0.1, 0.15) is 30.0 Å². The normalized spacial score (nSPS) is 10.3. The fourth-order valence-electron chi connectivity index (χ4n) is 3.03. The average molecular weight is 553 g/mol. The number of ether oxygens (including phenoxy) is 3. The molecule has 2 rings (SSSR count). The van der Waals surface area contributed by atoms with Gasteiger partial charge in [0, 0.05) is 38.0 Å². The molecule has 0 heterocycles. The Kier molecular flexibility index (Phi) is 11.3. The summed E-state index contributed by atoms with van der Waals surface area (Å²) in [5.74, 6) is 1.79. The highest BCUT2D eigenvalue weighted by Crippen LogP contribution is 2.29. The lowest BCUT2D eigenvalue weighted by Gasteiger charge is -2.21. The van der Waals surface area contributed by atoms with Gasteiger partial charge in [-0.25, -0.2) is 0 Å². The number of methoxy groups -OCH3 is 3. The molecular formula is C24H28N2O5S4. The number of hydrogen-bond donors (Lipinski definition) is 0. The molecule has 0 fully saturated rings.